The van der Waals surface area contributed by atoms with Gasteiger partial charge in [-0.05, 0) is 19.3 Å². The van der Waals surface area contributed by atoms with Gasteiger partial charge in [-0.25, -0.2) is 0 Å². The molecular weight excluding hydrogens is 188 g/mol. The Bertz CT molecular complexity index is 126. The monoisotopic (exact) mass is 216 g/mol. The fraction of sp³-hybridized carbons (Fsp3) is 1.00. The van der Waals surface area contributed by atoms with Gasteiger partial charge in [0.2, 0.25) is 0 Å². The van der Waals surface area contributed by atoms with E-state index < -0.39 is 6.29 Å². The number of unbranched alkanes of at least 4 members (excludes halogenated alkanes) is 3. The lowest BCUT2D eigenvalue weighted by molar-refractivity contribution is -0.137. The van der Waals surface area contributed by atoms with Gasteiger partial charge in [0.25, 0.3) is 0 Å². The molecule has 15 heavy (non-hydrogen) atoms. The molecule has 0 aromatic rings. The Hall–Kier alpha value is -0.0800. The predicted molar refractivity (Wildman–Crippen MR) is 64.8 cm³/mol. The molecule has 0 rings (SSSR count). The first-order valence-electron chi connectivity index (χ1n) is 6.55. The smallest absolute Gasteiger partial charge is 0.157 e. The fourth-order valence-corrected chi connectivity index (χ4v) is 1.79. The molecule has 0 spiro atoms. The lowest BCUT2D eigenvalue weighted by Crippen LogP contribution is -2.23. The molecule has 0 radical (unpaired) electrons. The highest BCUT2D eigenvalue weighted by Crippen LogP contribution is 2.16. The van der Waals surface area contributed by atoms with Crippen molar-refractivity contribution in [2.75, 3.05) is 6.61 Å². The maximum atomic E-state index is 9.77. The molecule has 0 aliphatic rings. The number of aliphatic hydroxyl groups excluding tert-OH is 1. The summed E-state index contributed by atoms with van der Waals surface area (Å²) in [5.41, 5.74) is 0. The normalized spacial score (nSPS) is 15.2. The Morgan fingerprint density at radius 1 is 1.00 bits per heavy atom. The van der Waals surface area contributed by atoms with Crippen molar-refractivity contribution in [1.29, 1.82) is 0 Å². The van der Waals surface area contributed by atoms with Gasteiger partial charge in [-0.3, -0.25) is 0 Å². The second-order valence-electron chi connectivity index (χ2n) is 4.28. The first-order chi connectivity index (χ1) is 7.26. The SMILES string of the molecule is CCCCCCOC(O)C(CC)CCC. The Morgan fingerprint density at radius 3 is 2.27 bits per heavy atom. The van der Waals surface area contributed by atoms with Crippen LogP contribution in [0.1, 0.15) is 65.7 Å². The van der Waals surface area contributed by atoms with Crippen LogP contribution in [-0.4, -0.2) is 18.0 Å². The summed E-state index contributed by atoms with van der Waals surface area (Å²) in [6, 6.07) is 0. The van der Waals surface area contributed by atoms with E-state index in [9.17, 15) is 5.11 Å². The second kappa shape index (κ2) is 10.4. The van der Waals surface area contributed by atoms with Crippen molar-refractivity contribution < 1.29 is 9.84 Å². The average Bonchev–Trinajstić information content (AvgIpc) is 2.25. The van der Waals surface area contributed by atoms with Gasteiger partial charge in [0, 0.05) is 12.5 Å². The van der Waals surface area contributed by atoms with E-state index in [-0.39, 0.29) is 0 Å². The molecular formula is C13H28O2. The van der Waals surface area contributed by atoms with Crippen LogP contribution in [0.15, 0.2) is 0 Å². The van der Waals surface area contributed by atoms with Gasteiger partial charge in [-0.1, -0.05) is 46.5 Å². The zero-order chi connectivity index (χ0) is 11.5. The summed E-state index contributed by atoms with van der Waals surface area (Å²) < 4.78 is 5.45. The van der Waals surface area contributed by atoms with E-state index in [1.807, 2.05) is 0 Å². The Balaban J connectivity index is 3.48. The lowest BCUT2D eigenvalue weighted by atomic mass is 10.0. The van der Waals surface area contributed by atoms with Crippen LogP contribution >= 0.6 is 0 Å². The molecule has 0 saturated carbocycles. The molecule has 0 aromatic heterocycles. The minimum atomic E-state index is -0.545. The number of rotatable bonds is 10. The van der Waals surface area contributed by atoms with Crippen molar-refractivity contribution >= 4 is 0 Å². The first-order valence-corrected chi connectivity index (χ1v) is 6.55. The van der Waals surface area contributed by atoms with Crippen molar-refractivity contribution in [3.8, 4) is 0 Å². The standard InChI is InChI=1S/C13H28O2/c1-4-7-8-9-11-15-13(14)12(6-3)10-5-2/h12-14H,4-11H2,1-3H3. The van der Waals surface area contributed by atoms with Crippen LogP contribution in [-0.2, 0) is 4.74 Å². The zero-order valence-electron chi connectivity index (χ0n) is 10.7. The van der Waals surface area contributed by atoms with E-state index >= 15 is 0 Å². The van der Waals surface area contributed by atoms with Crippen LogP contribution in [0.3, 0.4) is 0 Å². The summed E-state index contributed by atoms with van der Waals surface area (Å²) in [6.07, 6.45) is 7.45. The third-order valence-electron chi connectivity index (χ3n) is 2.87. The van der Waals surface area contributed by atoms with Crippen molar-refractivity contribution in [1.82, 2.24) is 0 Å². The van der Waals surface area contributed by atoms with Gasteiger partial charge < -0.3 is 9.84 Å². The molecule has 2 nitrogen and oxygen atoms in total. The van der Waals surface area contributed by atoms with Crippen LogP contribution in [0.25, 0.3) is 0 Å². The van der Waals surface area contributed by atoms with Crippen LogP contribution in [0.2, 0.25) is 0 Å². The van der Waals surface area contributed by atoms with Crippen molar-refractivity contribution in [3.63, 3.8) is 0 Å². The molecule has 0 bridgehead atoms. The summed E-state index contributed by atoms with van der Waals surface area (Å²) >= 11 is 0. The minimum Gasteiger partial charge on any atom is -0.368 e. The molecule has 2 heteroatoms. The van der Waals surface area contributed by atoms with E-state index in [4.69, 9.17) is 4.74 Å². The quantitative estimate of drug-likeness (QED) is 0.445. The molecule has 2 unspecified atom stereocenters. The van der Waals surface area contributed by atoms with Crippen molar-refractivity contribution in [2.45, 2.75) is 72.0 Å². The van der Waals surface area contributed by atoms with Crippen LogP contribution < -0.4 is 0 Å². The van der Waals surface area contributed by atoms with Gasteiger partial charge in [-0.2, -0.15) is 0 Å². The maximum Gasteiger partial charge on any atom is 0.157 e. The Morgan fingerprint density at radius 2 is 1.73 bits per heavy atom. The molecule has 0 saturated heterocycles. The summed E-state index contributed by atoms with van der Waals surface area (Å²) in [6.45, 7) is 7.17. The number of hydrogen-bond donors (Lipinski definition) is 1. The summed E-state index contributed by atoms with van der Waals surface area (Å²) in [4.78, 5) is 0. The molecule has 0 fully saturated rings. The summed E-state index contributed by atoms with van der Waals surface area (Å²) in [5, 5.41) is 9.77. The molecule has 1 N–H and O–H groups in total. The summed E-state index contributed by atoms with van der Waals surface area (Å²) in [5.74, 6) is 0.321. The van der Waals surface area contributed by atoms with Gasteiger partial charge in [0.05, 0.1) is 0 Å². The minimum absolute atomic E-state index is 0.321. The third-order valence-corrected chi connectivity index (χ3v) is 2.87. The average molecular weight is 216 g/mol. The summed E-state index contributed by atoms with van der Waals surface area (Å²) in [7, 11) is 0. The van der Waals surface area contributed by atoms with Crippen molar-refractivity contribution in [3.05, 3.63) is 0 Å². The third kappa shape index (κ3) is 7.80. The molecule has 0 aliphatic heterocycles. The highest BCUT2D eigenvalue weighted by molar-refractivity contribution is 4.59. The number of ether oxygens (including phenoxy) is 1. The molecule has 0 heterocycles. The molecule has 0 aromatic carbocycles. The zero-order valence-corrected chi connectivity index (χ0v) is 10.7. The number of aliphatic hydroxyl groups is 1. The van der Waals surface area contributed by atoms with Crippen LogP contribution in [0, 0.1) is 5.92 Å². The van der Waals surface area contributed by atoms with E-state index in [0.29, 0.717) is 12.5 Å². The van der Waals surface area contributed by atoms with Crippen LogP contribution in [0.4, 0.5) is 0 Å². The number of hydrogen-bond acceptors (Lipinski definition) is 2. The first kappa shape index (κ1) is 14.9. The topological polar surface area (TPSA) is 29.5 Å². The van der Waals surface area contributed by atoms with E-state index in [0.717, 1.165) is 25.7 Å². The molecule has 92 valence electrons. The van der Waals surface area contributed by atoms with Gasteiger partial charge >= 0.3 is 0 Å². The fourth-order valence-electron chi connectivity index (χ4n) is 1.79. The molecule has 0 amide bonds. The highest BCUT2D eigenvalue weighted by atomic mass is 16.6. The molecule has 2 atom stereocenters. The second-order valence-corrected chi connectivity index (χ2v) is 4.28. The van der Waals surface area contributed by atoms with E-state index in [1.54, 1.807) is 0 Å². The Labute approximate surface area is 95.0 Å². The Kier molecular flexibility index (Phi) is 10.4. The maximum absolute atomic E-state index is 9.77. The predicted octanol–water partition coefficient (Wildman–Crippen LogP) is 3.73. The largest absolute Gasteiger partial charge is 0.368 e. The van der Waals surface area contributed by atoms with E-state index in [1.165, 1.54) is 19.3 Å². The molecule has 0 aliphatic carbocycles. The highest BCUT2D eigenvalue weighted by Gasteiger charge is 2.16. The van der Waals surface area contributed by atoms with Crippen molar-refractivity contribution in [2.24, 2.45) is 5.92 Å². The van der Waals surface area contributed by atoms with Gasteiger partial charge in [0.1, 0.15) is 0 Å². The van der Waals surface area contributed by atoms with Crippen LogP contribution in [0.5, 0.6) is 0 Å². The van der Waals surface area contributed by atoms with Gasteiger partial charge in [-0.15, -0.1) is 0 Å². The van der Waals surface area contributed by atoms with Gasteiger partial charge in [0.15, 0.2) is 6.29 Å². The van der Waals surface area contributed by atoms with E-state index in [2.05, 4.69) is 20.8 Å². The lowest BCUT2D eigenvalue weighted by Gasteiger charge is -2.21.